The minimum Gasteiger partial charge on any atom is -0.311 e. The molecule has 8 aromatic rings. The molecule has 1 aromatic heterocycles. The summed E-state index contributed by atoms with van der Waals surface area (Å²) in [4.78, 5) is 2.57. The molecule has 0 saturated heterocycles. The zero-order valence-electron chi connectivity index (χ0n) is 33.0. The van der Waals surface area contributed by atoms with Gasteiger partial charge in [0, 0.05) is 44.5 Å². The van der Waals surface area contributed by atoms with Crippen LogP contribution in [0.1, 0.15) is 76.3 Å². The molecule has 2 nitrogen and oxygen atoms in total. The van der Waals surface area contributed by atoms with Gasteiger partial charge in [-0.3, -0.25) is 0 Å². The Kier molecular flexibility index (Phi) is 7.27. The molecule has 268 valence electrons. The van der Waals surface area contributed by atoms with Gasteiger partial charge in [0.05, 0.1) is 5.52 Å². The van der Waals surface area contributed by atoms with Crippen molar-refractivity contribution in [3.63, 3.8) is 0 Å². The van der Waals surface area contributed by atoms with E-state index in [0.29, 0.717) is 0 Å². The summed E-state index contributed by atoms with van der Waals surface area (Å²) in [5.74, 6) is 0. The van der Waals surface area contributed by atoms with E-state index in [0.717, 1.165) is 0 Å². The molecule has 10 rings (SSSR count). The van der Waals surface area contributed by atoms with Crippen molar-refractivity contribution in [3.8, 4) is 5.69 Å². The maximum Gasteiger partial charge on any atom is 0.252 e. The molecule has 0 radical (unpaired) electrons. The van der Waals surface area contributed by atoms with Gasteiger partial charge in [0.15, 0.2) is 0 Å². The van der Waals surface area contributed by atoms with E-state index in [9.17, 15) is 0 Å². The zero-order valence-corrected chi connectivity index (χ0v) is 33.0. The van der Waals surface area contributed by atoms with Crippen molar-refractivity contribution in [2.75, 3.05) is 4.90 Å². The lowest BCUT2D eigenvalue weighted by Crippen LogP contribution is -2.60. The highest BCUT2D eigenvalue weighted by Gasteiger charge is 2.44. The van der Waals surface area contributed by atoms with Crippen LogP contribution in [0.3, 0.4) is 0 Å². The first-order valence-corrected chi connectivity index (χ1v) is 19.8. The average molecular weight is 711 g/mol. The van der Waals surface area contributed by atoms with Crippen LogP contribution in [0.25, 0.3) is 27.5 Å². The van der Waals surface area contributed by atoms with Gasteiger partial charge in [-0.25, -0.2) is 0 Å². The van der Waals surface area contributed by atoms with Gasteiger partial charge in [0.25, 0.3) is 6.71 Å². The van der Waals surface area contributed by atoms with Crippen LogP contribution in [0.2, 0.25) is 0 Å². The number of para-hydroxylation sites is 2. The van der Waals surface area contributed by atoms with Gasteiger partial charge in [-0.1, -0.05) is 163 Å². The maximum atomic E-state index is 2.59. The number of rotatable bonds is 4. The molecular weight excluding hydrogens is 663 g/mol. The van der Waals surface area contributed by atoms with E-state index in [1.165, 1.54) is 88.8 Å². The summed E-state index contributed by atoms with van der Waals surface area (Å²) in [6.45, 7) is 16.4. The molecule has 0 bridgehead atoms. The van der Waals surface area contributed by atoms with Gasteiger partial charge >= 0.3 is 0 Å². The fourth-order valence-electron chi connectivity index (χ4n) is 9.60. The summed E-state index contributed by atoms with van der Waals surface area (Å²) >= 11 is 0. The Labute approximate surface area is 326 Å². The highest BCUT2D eigenvalue weighted by molar-refractivity contribution is 7.00. The first kappa shape index (κ1) is 33.7. The Hall–Kier alpha value is -5.80. The highest BCUT2D eigenvalue weighted by atomic mass is 15.2. The largest absolute Gasteiger partial charge is 0.311 e. The predicted octanol–water partition coefficient (Wildman–Crippen LogP) is 11.3. The molecule has 0 fully saturated rings. The third kappa shape index (κ3) is 4.95. The first-order chi connectivity index (χ1) is 26.4. The molecular formula is C52H47BN2. The molecule has 0 saturated carbocycles. The van der Waals surface area contributed by atoms with Crippen molar-refractivity contribution in [2.45, 2.75) is 64.7 Å². The second kappa shape index (κ2) is 11.9. The standard InChI is InChI=1S/C52H47BN2/c1-50(2,3)34-25-28-39(29-26-34)54-45-30-27-37(51(4,5)6)31-43(45)53-42-23-16-22-41-40-21-14-15-24-44(40)55(49(41)42)47-33-38(32-46(54)48(47)53)52(7,35-17-10-8-11-18-35)36-19-12-9-13-20-36/h8-33H,1-7H3. The smallest absolute Gasteiger partial charge is 0.252 e. The molecule has 0 N–H and O–H groups in total. The van der Waals surface area contributed by atoms with Gasteiger partial charge in [0.2, 0.25) is 0 Å². The van der Waals surface area contributed by atoms with Gasteiger partial charge in [-0.05, 0) is 98.4 Å². The summed E-state index contributed by atoms with van der Waals surface area (Å²) in [6, 6.07) is 59.8. The van der Waals surface area contributed by atoms with Crippen molar-refractivity contribution >= 4 is 62.0 Å². The molecule has 2 aliphatic rings. The van der Waals surface area contributed by atoms with E-state index in [4.69, 9.17) is 0 Å². The second-order valence-electron chi connectivity index (χ2n) is 18.0. The van der Waals surface area contributed by atoms with E-state index in [1.54, 1.807) is 0 Å². The minimum absolute atomic E-state index is 0.00390. The predicted molar refractivity (Wildman–Crippen MR) is 236 cm³/mol. The van der Waals surface area contributed by atoms with Crippen LogP contribution in [0.15, 0.2) is 158 Å². The Bertz CT molecular complexity index is 2740. The number of nitrogens with zero attached hydrogens (tertiary/aromatic N) is 2. The number of anilines is 3. The summed E-state index contributed by atoms with van der Waals surface area (Å²) in [7, 11) is 0. The molecule has 3 heterocycles. The van der Waals surface area contributed by atoms with Gasteiger partial charge in [-0.2, -0.15) is 0 Å². The van der Waals surface area contributed by atoms with Crippen molar-refractivity contribution in [1.82, 2.24) is 4.57 Å². The van der Waals surface area contributed by atoms with E-state index < -0.39 is 5.41 Å². The molecule has 0 unspecified atom stereocenters. The number of hydrogen-bond donors (Lipinski definition) is 0. The third-order valence-electron chi connectivity index (χ3n) is 12.7. The highest BCUT2D eigenvalue weighted by Crippen LogP contribution is 2.47. The fourth-order valence-corrected chi connectivity index (χ4v) is 9.60. The fraction of sp³-hybridized carbons (Fsp3) is 0.192. The normalized spacial score (nSPS) is 13.7. The van der Waals surface area contributed by atoms with E-state index in [1.807, 2.05) is 0 Å². The van der Waals surface area contributed by atoms with Crippen LogP contribution in [0.5, 0.6) is 0 Å². The van der Waals surface area contributed by atoms with Gasteiger partial charge in [0.1, 0.15) is 0 Å². The lowest BCUT2D eigenvalue weighted by Gasteiger charge is -2.43. The van der Waals surface area contributed by atoms with Crippen molar-refractivity contribution < 1.29 is 0 Å². The van der Waals surface area contributed by atoms with Crippen LogP contribution in [0, 0.1) is 0 Å². The number of hydrogen-bond acceptors (Lipinski definition) is 1. The first-order valence-electron chi connectivity index (χ1n) is 19.8. The molecule has 7 aromatic carbocycles. The third-order valence-corrected chi connectivity index (χ3v) is 12.7. The van der Waals surface area contributed by atoms with Crippen LogP contribution in [-0.4, -0.2) is 11.3 Å². The van der Waals surface area contributed by atoms with E-state index >= 15 is 0 Å². The Morgan fingerprint density at radius 1 is 0.418 bits per heavy atom. The number of aromatic nitrogens is 1. The molecule has 0 spiro atoms. The van der Waals surface area contributed by atoms with Crippen LogP contribution in [-0.2, 0) is 16.2 Å². The SMILES string of the molecule is CC(C)(C)c1ccc(N2c3ccc(C(C)(C)C)cc3B3c4c2cc(C(C)(c2ccccc2)c2ccccc2)cc4-n2c4ccccc4c4cccc3c42)cc1. The summed E-state index contributed by atoms with van der Waals surface area (Å²) in [5.41, 5.74) is 17.8. The summed E-state index contributed by atoms with van der Waals surface area (Å²) in [5, 5.41) is 2.61. The quantitative estimate of drug-likeness (QED) is 0.130. The van der Waals surface area contributed by atoms with Gasteiger partial charge < -0.3 is 9.47 Å². The van der Waals surface area contributed by atoms with Gasteiger partial charge in [-0.15, -0.1) is 0 Å². The monoisotopic (exact) mass is 710 g/mol. The van der Waals surface area contributed by atoms with E-state index in [2.05, 4.69) is 216 Å². The molecule has 2 aliphatic heterocycles. The molecule has 0 aliphatic carbocycles. The summed E-state index contributed by atoms with van der Waals surface area (Å²) in [6.07, 6.45) is 0. The lowest BCUT2D eigenvalue weighted by atomic mass is 9.33. The van der Waals surface area contributed by atoms with Crippen LogP contribution < -0.4 is 21.3 Å². The number of benzene rings is 7. The van der Waals surface area contributed by atoms with Crippen LogP contribution >= 0.6 is 0 Å². The molecule has 55 heavy (non-hydrogen) atoms. The number of fused-ring (bicyclic) bond motifs is 7. The van der Waals surface area contributed by atoms with E-state index in [-0.39, 0.29) is 17.5 Å². The zero-order chi connectivity index (χ0) is 37.9. The topological polar surface area (TPSA) is 8.17 Å². The van der Waals surface area contributed by atoms with Crippen molar-refractivity contribution in [1.29, 1.82) is 0 Å². The Balaban J connectivity index is 1.38. The Morgan fingerprint density at radius 3 is 1.65 bits per heavy atom. The molecule has 0 amide bonds. The maximum absolute atomic E-state index is 2.59. The van der Waals surface area contributed by atoms with Crippen molar-refractivity contribution in [2.24, 2.45) is 0 Å². The van der Waals surface area contributed by atoms with Crippen molar-refractivity contribution in [3.05, 3.63) is 186 Å². The second-order valence-corrected chi connectivity index (χ2v) is 18.0. The Morgan fingerprint density at radius 2 is 1.00 bits per heavy atom. The minimum atomic E-state index is -0.430. The summed E-state index contributed by atoms with van der Waals surface area (Å²) < 4.78 is 2.59. The average Bonchev–Trinajstić information content (AvgIpc) is 3.54. The molecule has 3 heteroatoms. The lowest BCUT2D eigenvalue weighted by molar-refractivity contribution is 0.590. The van der Waals surface area contributed by atoms with Crippen LogP contribution in [0.4, 0.5) is 17.1 Å². The molecule has 0 atom stereocenters.